The van der Waals surface area contributed by atoms with Crippen molar-refractivity contribution in [1.29, 1.82) is 0 Å². The number of imidazole rings is 1. The molecule has 2 aromatic heterocycles. The standard InChI is InChI=1S/C15H16N4O2/c1-4-19-13-11(14(20)18-15(19)21)16-12(17-13)10-8(2)6-5-7-9(10)3/h5-7H,4H2,1-3H3,(H,16,17)(H,18,20,21). The summed E-state index contributed by atoms with van der Waals surface area (Å²) in [6, 6.07) is 5.96. The first-order valence-electron chi connectivity index (χ1n) is 6.82. The number of rotatable bonds is 2. The molecule has 3 rings (SSSR count). The van der Waals surface area contributed by atoms with Gasteiger partial charge in [0.2, 0.25) is 0 Å². The molecule has 0 atom stereocenters. The maximum atomic E-state index is 11.9. The van der Waals surface area contributed by atoms with Crippen LogP contribution in [0.4, 0.5) is 0 Å². The van der Waals surface area contributed by atoms with Gasteiger partial charge in [-0.2, -0.15) is 0 Å². The van der Waals surface area contributed by atoms with Crippen LogP contribution in [0.25, 0.3) is 22.6 Å². The average Bonchev–Trinajstić information content (AvgIpc) is 2.84. The first kappa shape index (κ1) is 13.4. The molecule has 0 aliphatic carbocycles. The molecule has 0 fully saturated rings. The predicted molar refractivity (Wildman–Crippen MR) is 81.6 cm³/mol. The van der Waals surface area contributed by atoms with E-state index in [1.165, 1.54) is 4.57 Å². The van der Waals surface area contributed by atoms with Crippen LogP contribution in [0.3, 0.4) is 0 Å². The summed E-state index contributed by atoms with van der Waals surface area (Å²) < 4.78 is 1.45. The Balaban J connectivity index is 2.40. The van der Waals surface area contributed by atoms with Gasteiger partial charge in [-0.15, -0.1) is 0 Å². The van der Waals surface area contributed by atoms with E-state index < -0.39 is 11.2 Å². The number of fused-ring (bicyclic) bond motifs is 1. The number of benzene rings is 1. The molecule has 6 nitrogen and oxygen atoms in total. The van der Waals surface area contributed by atoms with Crippen molar-refractivity contribution in [2.45, 2.75) is 27.3 Å². The SMILES string of the molecule is CCn1c(=O)[nH]c(=O)c2[nH]c(-c3c(C)cccc3C)nc21. The Labute approximate surface area is 120 Å². The molecule has 2 N–H and O–H groups in total. The van der Waals surface area contributed by atoms with Gasteiger partial charge in [-0.1, -0.05) is 18.2 Å². The fourth-order valence-electron chi connectivity index (χ4n) is 2.64. The molecule has 0 aliphatic rings. The summed E-state index contributed by atoms with van der Waals surface area (Å²) in [7, 11) is 0. The topological polar surface area (TPSA) is 83.5 Å². The number of aryl methyl sites for hydroxylation is 3. The summed E-state index contributed by atoms with van der Waals surface area (Å²) >= 11 is 0. The summed E-state index contributed by atoms with van der Waals surface area (Å²) in [5.41, 5.74) is 2.94. The largest absolute Gasteiger partial charge is 0.332 e. The van der Waals surface area contributed by atoms with Crippen molar-refractivity contribution in [3.05, 3.63) is 50.2 Å². The fourth-order valence-corrected chi connectivity index (χ4v) is 2.64. The van der Waals surface area contributed by atoms with Gasteiger partial charge in [0.25, 0.3) is 5.56 Å². The quantitative estimate of drug-likeness (QED) is 0.751. The molecule has 1 aromatic carbocycles. The Bertz CT molecular complexity index is 926. The van der Waals surface area contributed by atoms with E-state index in [1.807, 2.05) is 39.0 Å². The lowest BCUT2D eigenvalue weighted by atomic mass is 10.0. The van der Waals surface area contributed by atoms with E-state index in [4.69, 9.17) is 0 Å². The van der Waals surface area contributed by atoms with E-state index >= 15 is 0 Å². The number of hydrogen-bond acceptors (Lipinski definition) is 3. The van der Waals surface area contributed by atoms with Crippen molar-refractivity contribution >= 4 is 11.2 Å². The minimum absolute atomic E-state index is 0.328. The van der Waals surface area contributed by atoms with Crippen LogP contribution >= 0.6 is 0 Å². The highest BCUT2D eigenvalue weighted by atomic mass is 16.2. The van der Waals surface area contributed by atoms with Gasteiger partial charge in [-0.25, -0.2) is 9.78 Å². The number of aromatic amines is 2. The van der Waals surface area contributed by atoms with E-state index in [2.05, 4.69) is 15.0 Å². The van der Waals surface area contributed by atoms with Gasteiger partial charge in [-0.3, -0.25) is 14.3 Å². The van der Waals surface area contributed by atoms with Crippen LogP contribution in [0.15, 0.2) is 27.8 Å². The van der Waals surface area contributed by atoms with Gasteiger partial charge in [-0.05, 0) is 31.9 Å². The molecule has 0 aliphatic heterocycles. The van der Waals surface area contributed by atoms with Crippen molar-refractivity contribution in [1.82, 2.24) is 19.5 Å². The number of H-pyrrole nitrogens is 2. The van der Waals surface area contributed by atoms with Gasteiger partial charge in [0.15, 0.2) is 5.65 Å². The Morgan fingerprint density at radius 1 is 1.14 bits per heavy atom. The summed E-state index contributed by atoms with van der Waals surface area (Å²) in [4.78, 5) is 33.6. The van der Waals surface area contributed by atoms with Crippen LogP contribution < -0.4 is 11.2 Å². The molecule has 108 valence electrons. The van der Waals surface area contributed by atoms with Crippen molar-refractivity contribution in [2.75, 3.05) is 0 Å². The third-order valence-electron chi connectivity index (χ3n) is 3.67. The maximum Gasteiger partial charge on any atom is 0.330 e. The van der Waals surface area contributed by atoms with Gasteiger partial charge in [0.05, 0.1) is 0 Å². The van der Waals surface area contributed by atoms with Crippen molar-refractivity contribution in [2.24, 2.45) is 0 Å². The highest BCUT2D eigenvalue weighted by Gasteiger charge is 2.15. The van der Waals surface area contributed by atoms with Crippen molar-refractivity contribution in [3.8, 4) is 11.4 Å². The lowest BCUT2D eigenvalue weighted by Crippen LogP contribution is -2.29. The molecule has 6 heteroatoms. The normalized spacial score (nSPS) is 11.2. The number of aromatic nitrogens is 4. The summed E-state index contributed by atoms with van der Waals surface area (Å²) in [6.07, 6.45) is 0. The lowest BCUT2D eigenvalue weighted by molar-refractivity contribution is 0.720. The smallest absolute Gasteiger partial charge is 0.330 e. The molecule has 0 amide bonds. The third kappa shape index (κ3) is 1.99. The minimum Gasteiger partial charge on any atom is -0.332 e. The summed E-state index contributed by atoms with van der Waals surface area (Å²) in [5.74, 6) is 0.610. The van der Waals surface area contributed by atoms with Crippen LogP contribution in [0.1, 0.15) is 18.1 Å². The molecule has 0 saturated heterocycles. The monoisotopic (exact) mass is 284 g/mol. The number of hydrogen-bond donors (Lipinski definition) is 2. The van der Waals surface area contributed by atoms with Crippen molar-refractivity contribution in [3.63, 3.8) is 0 Å². The molecular weight excluding hydrogens is 268 g/mol. The van der Waals surface area contributed by atoms with E-state index in [1.54, 1.807) is 0 Å². The van der Waals surface area contributed by atoms with Crippen molar-refractivity contribution < 1.29 is 0 Å². The minimum atomic E-state index is -0.440. The fraction of sp³-hybridized carbons (Fsp3) is 0.267. The Morgan fingerprint density at radius 2 is 1.81 bits per heavy atom. The second-order valence-electron chi connectivity index (χ2n) is 5.05. The highest BCUT2D eigenvalue weighted by molar-refractivity contribution is 5.77. The number of nitrogens with one attached hydrogen (secondary N) is 2. The third-order valence-corrected chi connectivity index (χ3v) is 3.67. The van der Waals surface area contributed by atoms with Gasteiger partial charge < -0.3 is 4.98 Å². The summed E-state index contributed by atoms with van der Waals surface area (Å²) in [5, 5.41) is 0. The summed E-state index contributed by atoms with van der Waals surface area (Å²) in [6.45, 7) is 6.27. The molecule has 2 heterocycles. The predicted octanol–water partition coefficient (Wildman–Crippen LogP) is 1.72. The molecule has 0 unspecified atom stereocenters. The molecule has 0 spiro atoms. The molecule has 21 heavy (non-hydrogen) atoms. The van der Waals surface area contributed by atoms with Crippen LogP contribution in [0, 0.1) is 13.8 Å². The molecule has 0 radical (unpaired) electrons. The molecule has 3 aromatic rings. The second-order valence-corrected chi connectivity index (χ2v) is 5.05. The Hall–Kier alpha value is -2.63. The zero-order valence-corrected chi connectivity index (χ0v) is 12.2. The van der Waals surface area contributed by atoms with E-state index in [-0.39, 0.29) is 0 Å². The first-order valence-corrected chi connectivity index (χ1v) is 6.82. The zero-order chi connectivity index (χ0) is 15.1. The van der Waals surface area contributed by atoms with Crippen LogP contribution in [0.2, 0.25) is 0 Å². The van der Waals surface area contributed by atoms with Crippen LogP contribution in [-0.2, 0) is 6.54 Å². The number of nitrogens with zero attached hydrogens (tertiary/aromatic N) is 2. The van der Waals surface area contributed by atoms with E-state index in [9.17, 15) is 9.59 Å². The molecule has 0 saturated carbocycles. The van der Waals surface area contributed by atoms with Crippen LogP contribution in [-0.4, -0.2) is 19.5 Å². The van der Waals surface area contributed by atoms with Crippen LogP contribution in [0.5, 0.6) is 0 Å². The van der Waals surface area contributed by atoms with E-state index in [0.717, 1.165) is 16.7 Å². The zero-order valence-electron chi connectivity index (χ0n) is 12.2. The van der Waals surface area contributed by atoms with Gasteiger partial charge >= 0.3 is 5.69 Å². The molecular formula is C15H16N4O2. The van der Waals surface area contributed by atoms with Gasteiger partial charge in [0.1, 0.15) is 11.3 Å². The Morgan fingerprint density at radius 3 is 2.43 bits per heavy atom. The maximum absolute atomic E-state index is 11.9. The lowest BCUT2D eigenvalue weighted by Gasteiger charge is -2.05. The molecule has 0 bridgehead atoms. The first-order chi connectivity index (χ1) is 10.0. The Kier molecular flexibility index (Phi) is 3.01. The second kappa shape index (κ2) is 4.73. The van der Waals surface area contributed by atoms with E-state index in [0.29, 0.717) is 23.5 Å². The average molecular weight is 284 g/mol. The highest BCUT2D eigenvalue weighted by Crippen LogP contribution is 2.25. The van der Waals surface area contributed by atoms with Gasteiger partial charge in [0, 0.05) is 12.1 Å².